The Hall–Kier alpha value is -1.79. The molecule has 2 atom stereocenters. The van der Waals surface area contributed by atoms with E-state index >= 15 is 0 Å². The zero-order valence-electron chi connectivity index (χ0n) is 12.5. The topological polar surface area (TPSA) is 108 Å². The van der Waals surface area contributed by atoms with Crippen molar-refractivity contribution in [3.05, 3.63) is 0 Å². The van der Waals surface area contributed by atoms with Crippen LogP contribution in [0.5, 0.6) is 0 Å². The van der Waals surface area contributed by atoms with Crippen LogP contribution in [0, 0.1) is 11.8 Å². The van der Waals surface area contributed by atoms with Crippen LogP contribution in [0.25, 0.3) is 0 Å². The molecule has 1 aliphatic rings. The molecule has 4 N–H and O–H groups in total. The van der Waals surface area contributed by atoms with Crippen LogP contribution in [0.4, 0.5) is 4.79 Å². The molecular weight excluding hydrogens is 274 g/mol. The van der Waals surface area contributed by atoms with Gasteiger partial charge in [0.05, 0.1) is 6.54 Å². The molecule has 0 radical (unpaired) electrons. The average Bonchev–Trinajstić information content (AvgIpc) is 2.43. The fourth-order valence-electron chi connectivity index (χ4n) is 2.67. The molecule has 0 aromatic rings. The molecule has 0 aromatic carbocycles. The summed E-state index contributed by atoms with van der Waals surface area (Å²) in [7, 11) is 0. The maximum atomic E-state index is 11.5. The minimum atomic E-state index is -1.12. The van der Waals surface area contributed by atoms with Crippen molar-refractivity contribution in [1.29, 1.82) is 0 Å². The Morgan fingerprint density at radius 2 is 1.86 bits per heavy atom. The molecule has 0 aliphatic heterocycles. The molecule has 0 heterocycles. The van der Waals surface area contributed by atoms with Crippen LogP contribution in [-0.4, -0.2) is 42.6 Å². The van der Waals surface area contributed by atoms with Crippen LogP contribution in [-0.2, 0) is 9.59 Å². The van der Waals surface area contributed by atoms with Crippen molar-refractivity contribution in [2.24, 2.45) is 11.8 Å². The molecule has 2 unspecified atom stereocenters. The van der Waals surface area contributed by atoms with Gasteiger partial charge >= 0.3 is 12.0 Å². The molecule has 1 saturated carbocycles. The average molecular weight is 299 g/mol. The third-order valence-electron chi connectivity index (χ3n) is 3.73. The Morgan fingerprint density at radius 1 is 1.10 bits per heavy atom. The predicted molar refractivity (Wildman–Crippen MR) is 77.8 cm³/mol. The van der Waals surface area contributed by atoms with Crippen LogP contribution in [0.2, 0.25) is 0 Å². The van der Waals surface area contributed by atoms with E-state index in [2.05, 4.69) is 22.9 Å². The van der Waals surface area contributed by atoms with Gasteiger partial charge < -0.3 is 21.1 Å². The lowest BCUT2D eigenvalue weighted by Gasteiger charge is -2.26. The minimum absolute atomic E-state index is 0.223. The summed E-state index contributed by atoms with van der Waals surface area (Å²) < 4.78 is 0. The number of amides is 3. The van der Waals surface area contributed by atoms with Gasteiger partial charge in [0.2, 0.25) is 5.91 Å². The first-order valence-corrected chi connectivity index (χ1v) is 7.47. The zero-order chi connectivity index (χ0) is 15.7. The van der Waals surface area contributed by atoms with Crippen LogP contribution < -0.4 is 16.0 Å². The summed E-state index contributed by atoms with van der Waals surface area (Å²) in [5, 5.41) is 15.7. The van der Waals surface area contributed by atoms with Gasteiger partial charge in [-0.3, -0.25) is 9.59 Å². The second-order valence-corrected chi connectivity index (χ2v) is 5.71. The molecule has 7 heteroatoms. The number of carboxylic acid groups (broad SMARTS) is 1. The molecule has 0 aromatic heterocycles. The lowest BCUT2D eigenvalue weighted by molar-refractivity contribution is -0.137. The Balaban J connectivity index is 2.05. The number of aliphatic carboxylic acids is 1. The maximum Gasteiger partial charge on any atom is 0.322 e. The fraction of sp³-hybridized carbons (Fsp3) is 0.786. The molecule has 1 aliphatic carbocycles. The summed E-state index contributed by atoms with van der Waals surface area (Å²) in [4.78, 5) is 32.9. The predicted octanol–water partition coefficient (Wildman–Crippen LogP) is 0.703. The van der Waals surface area contributed by atoms with Crippen LogP contribution in [0.1, 0.15) is 39.0 Å². The Bertz CT molecular complexity index is 373. The van der Waals surface area contributed by atoms with Gasteiger partial charge in [0.25, 0.3) is 0 Å². The van der Waals surface area contributed by atoms with E-state index in [0.29, 0.717) is 12.5 Å². The second kappa shape index (κ2) is 9.20. The molecule has 1 fully saturated rings. The van der Waals surface area contributed by atoms with Crippen molar-refractivity contribution in [2.75, 3.05) is 19.6 Å². The van der Waals surface area contributed by atoms with Crippen LogP contribution in [0.15, 0.2) is 0 Å². The number of nitrogens with one attached hydrogen (secondary N) is 3. The smallest absolute Gasteiger partial charge is 0.322 e. The summed E-state index contributed by atoms with van der Waals surface area (Å²) in [6.45, 7) is 2.20. The monoisotopic (exact) mass is 299 g/mol. The number of carbonyl (C=O) groups is 3. The number of hydrogen-bond acceptors (Lipinski definition) is 3. The van der Waals surface area contributed by atoms with Crippen LogP contribution >= 0.6 is 0 Å². The SMILES string of the molecule is CC1CCCC(CCNC(=O)NCC(=O)NCC(=O)O)C1. The quantitative estimate of drug-likeness (QED) is 0.555. The van der Waals surface area contributed by atoms with E-state index in [1.165, 1.54) is 25.7 Å². The van der Waals surface area contributed by atoms with Gasteiger partial charge in [-0.1, -0.05) is 26.2 Å². The molecule has 7 nitrogen and oxygen atoms in total. The number of carbonyl (C=O) groups excluding carboxylic acids is 2. The number of urea groups is 1. The fourth-order valence-corrected chi connectivity index (χ4v) is 2.67. The third-order valence-corrected chi connectivity index (χ3v) is 3.73. The van der Waals surface area contributed by atoms with E-state index in [1.807, 2.05) is 0 Å². The van der Waals surface area contributed by atoms with E-state index in [1.54, 1.807) is 0 Å². The second-order valence-electron chi connectivity index (χ2n) is 5.71. The number of rotatable bonds is 7. The molecule has 0 bridgehead atoms. The van der Waals surface area contributed by atoms with Gasteiger partial charge in [0, 0.05) is 6.54 Å². The first-order valence-electron chi connectivity index (χ1n) is 7.47. The molecule has 0 spiro atoms. The van der Waals surface area contributed by atoms with E-state index in [0.717, 1.165) is 12.3 Å². The molecule has 120 valence electrons. The van der Waals surface area contributed by atoms with Crippen molar-refractivity contribution < 1.29 is 19.5 Å². The largest absolute Gasteiger partial charge is 0.480 e. The molecule has 3 amide bonds. The number of carboxylic acids is 1. The van der Waals surface area contributed by atoms with Crippen molar-refractivity contribution in [3.63, 3.8) is 0 Å². The first kappa shape index (κ1) is 17.3. The van der Waals surface area contributed by atoms with Gasteiger partial charge in [-0.2, -0.15) is 0 Å². The summed E-state index contributed by atoms with van der Waals surface area (Å²) in [5.41, 5.74) is 0. The summed E-state index contributed by atoms with van der Waals surface area (Å²) in [6, 6.07) is -0.399. The van der Waals surface area contributed by atoms with Crippen LogP contribution in [0.3, 0.4) is 0 Å². The van der Waals surface area contributed by atoms with E-state index in [4.69, 9.17) is 5.11 Å². The molecule has 1 rings (SSSR count). The highest BCUT2D eigenvalue weighted by Crippen LogP contribution is 2.30. The lowest BCUT2D eigenvalue weighted by atomic mass is 9.81. The minimum Gasteiger partial charge on any atom is -0.480 e. The van der Waals surface area contributed by atoms with Crippen molar-refractivity contribution >= 4 is 17.9 Å². The van der Waals surface area contributed by atoms with Crippen molar-refractivity contribution in [3.8, 4) is 0 Å². The van der Waals surface area contributed by atoms with E-state index in [-0.39, 0.29) is 6.54 Å². The Labute approximate surface area is 124 Å². The van der Waals surface area contributed by atoms with Gasteiger partial charge in [0.15, 0.2) is 0 Å². The normalized spacial score (nSPS) is 21.4. The molecular formula is C14H25N3O4. The van der Waals surface area contributed by atoms with E-state index < -0.39 is 24.5 Å². The third kappa shape index (κ3) is 8.16. The standard InChI is InChI=1S/C14H25N3O4/c1-10-3-2-4-11(7-10)5-6-15-14(21)17-8-12(18)16-9-13(19)20/h10-11H,2-9H2,1H3,(H,16,18)(H,19,20)(H2,15,17,21). The van der Waals surface area contributed by atoms with Gasteiger partial charge in [-0.15, -0.1) is 0 Å². The highest BCUT2D eigenvalue weighted by atomic mass is 16.4. The summed E-state index contributed by atoms with van der Waals surface area (Å²) >= 11 is 0. The summed E-state index contributed by atoms with van der Waals surface area (Å²) in [5.74, 6) is -0.188. The van der Waals surface area contributed by atoms with E-state index in [9.17, 15) is 14.4 Å². The summed E-state index contributed by atoms with van der Waals surface area (Å²) in [6.07, 6.45) is 5.98. The van der Waals surface area contributed by atoms with Gasteiger partial charge in [-0.25, -0.2) is 4.79 Å². The Kier molecular flexibility index (Phi) is 7.56. The highest BCUT2D eigenvalue weighted by molar-refractivity contribution is 5.86. The highest BCUT2D eigenvalue weighted by Gasteiger charge is 2.18. The zero-order valence-corrected chi connectivity index (χ0v) is 12.5. The van der Waals surface area contributed by atoms with Gasteiger partial charge in [-0.05, 0) is 24.7 Å². The maximum absolute atomic E-state index is 11.5. The lowest BCUT2D eigenvalue weighted by Crippen LogP contribution is -2.43. The molecule has 21 heavy (non-hydrogen) atoms. The molecule has 0 saturated heterocycles. The Morgan fingerprint density at radius 3 is 2.52 bits per heavy atom. The van der Waals surface area contributed by atoms with Crippen molar-refractivity contribution in [1.82, 2.24) is 16.0 Å². The van der Waals surface area contributed by atoms with Gasteiger partial charge in [0.1, 0.15) is 6.54 Å². The first-order chi connectivity index (χ1) is 9.97. The number of hydrogen-bond donors (Lipinski definition) is 4. The van der Waals surface area contributed by atoms with Crippen molar-refractivity contribution in [2.45, 2.75) is 39.0 Å².